The Labute approximate surface area is 134 Å². The molecule has 1 N–H and O–H groups in total. The summed E-state index contributed by atoms with van der Waals surface area (Å²) >= 11 is 0. The van der Waals surface area contributed by atoms with Crippen LogP contribution in [0.2, 0.25) is 0 Å². The standard InChI is InChI=1S/C18H18FNO3/c1-13-6-2-3-7-14(13)10-11-20-17(21)12-23-18(22)15-8-4-5-9-16(15)19/h2-9H,10-12H2,1H3,(H,20,21). The minimum Gasteiger partial charge on any atom is -0.452 e. The Hall–Kier alpha value is -2.69. The van der Waals surface area contributed by atoms with Crippen LogP contribution in [0.3, 0.4) is 0 Å². The van der Waals surface area contributed by atoms with Gasteiger partial charge in [-0.1, -0.05) is 36.4 Å². The molecule has 2 aromatic carbocycles. The summed E-state index contributed by atoms with van der Waals surface area (Å²) in [5, 5.41) is 2.67. The van der Waals surface area contributed by atoms with E-state index in [1.54, 1.807) is 0 Å². The minimum absolute atomic E-state index is 0.180. The molecule has 0 aliphatic heterocycles. The fourth-order valence-corrected chi connectivity index (χ4v) is 2.11. The summed E-state index contributed by atoms with van der Waals surface area (Å²) in [7, 11) is 0. The zero-order valence-corrected chi connectivity index (χ0v) is 12.8. The van der Waals surface area contributed by atoms with Gasteiger partial charge in [0, 0.05) is 6.54 Å². The Balaban J connectivity index is 1.74. The molecule has 0 fully saturated rings. The molecule has 0 heterocycles. The lowest BCUT2D eigenvalue weighted by atomic mass is 10.1. The first-order chi connectivity index (χ1) is 11.1. The van der Waals surface area contributed by atoms with Gasteiger partial charge in [-0.3, -0.25) is 4.79 Å². The van der Waals surface area contributed by atoms with E-state index in [-0.39, 0.29) is 5.56 Å². The number of hydrogen-bond acceptors (Lipinski definition) is 3. The molecule has 0 saturated heterocycles. The second-order valence-electron chi connectivity index (χ2n) is 5.08. The third kappa shape index (κ3) is 4.92. The molecule has 0 aliphatic rings. The molecule has 5 heteroatoms. The number of amides is 1. The summed E-state index contributed by atoms with van der Waals surface area (Å²) in [5.74, 6) is -1.93. The van der Waals surface area contributed by atoms with Crippen LogP contribution in [0.4, 0.5) is 4.39 Å². The molecule has 0 bridgehead atoms. The molecule has 120 valence electrons. The number of esters is 1. The van der Waals surface area contributed by atoms with E-state index in [1.807, 2.05) is 31.2 Å². The normalized spacial score (nSPS) is 10.2. The van der Waals surface area contributed by atoms with E-state index in [1.165, 1.54) is 24.3 Å². The molecule has 0 atom stereocenters. The Kier molecular flexibility index (Phi) is 5.86. The maximum Gasteiger partial charge on any atom is 0.341 e. The van der Waals surface area contributed by atoms with Crippen LogP contribution in [0.1, 0.15) is 21.5 Å². The van der Waals surface area contributed by atoms with Gasteiger partial charge in [-0.25, -0.2) is 9.18 Å². The first-order valence-electron chi connectivity index (χ1n) is 7.31. The van der Waals surface area contributed by atoms with E-state index in [9.17, 15) is 14.0 Å². The van der Waals surface area contributed by atoms with E-state index < -0.39 is 24.3 Å². The number of hydrogen-bond donors (Lipinski definition) is 1. The monoisotopic (exact) mass is 315 g/mol. The van der Waals surface area contributed by atoms with Crippen molar-refractivity contribution in [2.45, 2.75) is 13.3 Å². The SMILES string of the molecule is Cc1ccccc1CCNC(=O)COC(=O)c1ccccc1F. The average Bonchev–Trinajstić information content (AvgIpc) is 2.55. The summed E-state index contributed by atoms with van der Waals surface area (Å²) in [6.45, 7) is 2.02. The molecule has 0 spiro atoms. The number of aryl methyl sites for hydroxylation is 1. The smallest absolute Gasteiger partial charge is 0.341 e. The molecule has 1 amide bonds. The Bertz CT molecular complexity index is 700. The van der Waals surface area contributed by atoms with Crippen molar-refractivity contribution in [3.8, 4) is 0 Å². The molecular weight excluding hydrogens is 297 g/mol. The highest BCUT2D eigenvalue weighted by atomic mass is 19.1. The number of carbonyl (C=O) groups is 2. The van der Waals surface area contributed by atoms with Gasteiger partial charge in [0.1, 0.15) is 5.82 Å². The highest BCUT2D eigenvalue weighted by molar-refractivity contribution is 5.91. The van der Waals surface area contributed by atoms with Crippen molar-refractivity contribution in [2.24, 2.45) is 0 Å². The molecular formula is C18H18FNO3. The zero-order chi connectivity index (χ0) is 16.7. The van der Waals surface area contributed by atoms with Gasteiger partial charge in [-0.05, 0) is 36.6 Å². The van der Waals surface area contributed by atoms with Gasteiger partial charge >= 0.3 is 5.97 Å². The van der Waals surface area contributed by atoms with E-state index in [0.717, 1.165) is 11.1 Å². The maximum absolute atomic E-state index is 13.4. The minimum atomic E-state index is -0.850. The molecule has 23 heavy (non-hydrogen) atoms. The Morgan fingerprint density at radius 2 is 1.78 bits per heavy atom. The van der Waals surface area contributed by atoms with Gasteiger partial charge in [-0.15, -0.1) is 0 Å². The van der Waals surface area contributed by atoms with Crippen molar-refractivity contribution in [3.05, 3.63) is 71.0 Å². The summed E-state index contributed by atoms with van der Waals surface area (Å²) in [6.07, 6.45) is 0.694. The van der Waals surface area contributed by atoms with Crippen molar-refractivity contribution in [2.75, 3.05) is 13.2 Å². The predicted octanol–water partition coefficient (Wildman–Crippen LogP) is 2.65. The maximum atomic E-state index is 13.4. The molecule has 0 unspecified atom stereocenters. The van der Waals surface area contributed by atoms with Crippen molar-refractivity contribution in [1.29, 1.82) is 0 Å². The lowest BCUT2D eigenvalue weighted by Gasteiger charge is -2.08. The van der Waals surface area contributed by atoms with Crippen LogP contribution in [-0.4, -0.2) is 25.0 Å². The summed E-state index contributed by atoms with van der Waals surface area (Å²) in [6, 6.07) is 13.4. The number of nitrogens with one attached hydrogen (secondary N) is 1. The summed E-state index contributed by atoms with van der Waals surface area (Å²) in [5.41, 5.74) is 2.13. The van der Waals surface area contributed by atoms with Crippen LogP contribution < -0.4 is 5.32 Å². The van der Waals surface area contributed by atoms with E-state index in [4.69, 9.17) is 4.74 Å². The van der Waals surface area contributed by atoms with Crippen molar-refractivity contribution in [1.82, 2.24) is 5.32 Å². The fourth-order valence-electron chi connectivity index (χ4n) is 2.11. The van der Waals surface area contributed by atoms with Gasteiger partial charge in [0.2, 0.25) is 0 Å². The molecule has 0 radical (unpaired) electrons. The van der Waals surface area contributed by atoms with Gasteiger partial charge in [0.15, 0.2) is 6.61 Å². The second kappa shape index (κ2) is 8.08. The van der Waals surface area contributed by atoms with E-state index in [2.05, 4.69) is 5.32 Å². The van der Waals surface area contributed by atoms with Crippen LogP contribution in [0.15, 0.2) is 48.5 Å². The topological polar surface area (TPSA) is 55.4 Å². The highest BCUT2D eigenvalue weighted by Crippen LogP contribution is 2.08. The Morgan fingerprint density at radius 1 is 1.09 bits per heavy atom. The molecule has 0 aliphatic carbocycles. The molecule has 2 rings (SSSR count). The first-order valence-corrected chi connectivity index (χ1v) is 7.31. The van der Waals surface area contributed by atoms with Crippen LogP contribution in [0.5, 0.6) is 0 Å². The number of halogens is 1. The quantitative estimate of drug-likeness (QED) is 0.834. The van der Waals surface area contributed by atoms with E-state index >= 15 is 0 Å². The Morgan fingerprint density at radius 3 is 2.52 bits per heavy atom. The first kappa shape index (κ1) is 16.7. The van der Waals surface area contributed by atoms with E-state index in [0.29, 0.717) is 13.0 Å². The number of ether oxygens (including phenoxy) is 1. The second-order valence-corrected chi connectivity index (χ2v) is 5.08. The predicted molar refractivity (Wildman–Crippen MR) is 84.6 cm³/mol. The van der Waals surface area contributed by atoms with Crippen molar-refractivity contribution >= 4 is 11.9 Å². The largest absolute Gasteiger partial charge is 0.452 e. The van der Waals surface area contributed by atoms with Crippen LogP contribution >= 0.6 is 0 Å². The third-order valence-electron chi connectivity index (χ3n) is 3.41. The fraction of sp³-hybridized carbons (Fsp3) is 0.222. The van der Waals surface area contributed by atoms with Gasteiger partial charge in [-0.2, -0.15) is 0 Å². The van der Waals surface area contributed by atoms with Gasteiger partial charge in [0.05, 0.1) is 5.56 Å². The van der Waals surface area contributed by atoms with Gasteiger partial charge < -0.3 is 10.1 Å². The van der Waals surface area contributed by atoms with Crippen molar-refractivity contribution < 1.29 is 18.7 Å². The van der Waals surface area contributed by atoms with Crippen LogP contribution in [0, 0.1) is 12.7 Å². The summed E-state index contributed by atoms with van der Waals surface area (Å²) in [4.78, 5) is 23.3. The number of carbonyl (C=O) groups excluding carboxylic acids is 2. The lowest BCUT2D eigenvalue weighted by molar-refractivity contribution is -0.124. The third-order valence-corrected chi connectivity index (χ3v) is 3.41. The average molecular weight is 315 g/mol. The van der Waals surface area contributed by atoms with Crippen LogP contribution in [-0.2, 0) is 16.0 Å². The molecule has 2 aromatic rings. The summed E-state index contributed by atoms with van der Waals surface area (Å²) < 4.78 is 18.2. The molecule has 0 aromatic heterocycles. The van der Waals surface area contributed by atoms with Gasteiger partial charge in [0.25, 0.3) is 5.91 Å². The molecule has 4 nitrogen and oxygen atoms in total. The highest BCUT2D eigenvalue weighted by Gasteiger charge is 2.13. The molecule has 0 saturated carbocycles. The zero-order valence-electron chi connectivity index (χ0n) is 12.8. The number of benzene rings is 2. The van der Waals surface area contributed by atoms with Crippen LogP contribution in [0.25, 0.3) is 0 Å². The van der Waals surface area contributed by atoms with Crippen molar-refractivity contribution in [3.63, 3.8) is 0 Å². The number of rotatable bonds is 6. The lowest BCUT2D eigenvalue weighted by Crippen LogP contribution is -2.30.